The van der Waals surface area contributed by atoms with Gasteiger partial charge in [-0.15, -0.1) is 0 Å². The molecule has 178 valence electrons. The maximum Gasteiger partial charge on any atom is 0.306 e. The molecule has 0 saturated carbocycles. The van der Waals surface area contributed by atoms with Gasteiger partial charge in [0, 0.05) is 12.6 Å². The summed E-state index contributed by atoms with van der Waals surface area (Å²) in [6, 6.07) is 11.3. The van der Waals surface area contributed by atoms with Gasteiger partial charge in [0.25, 0.3) is 0 Å². The number of carbonyl (C=O) groups excluding carboxylic acids is 2. The number of ether oxygens (including phenoxy) is 2. The molecule has 7 nitrogen and oxygen atoms in total. The highest BCUT2D eigenvalue weighted by Gasteiger charge is 2.31. The maximum atomic E-state index is 12.3. The summed E-state index contributed by atoms with van der Waals surface area (Å²) >= 11 is 1.21. The van der Waals surface area contributed by atoms with Crippen LogP contribution < -0.4 is 10.1 Å². The number of pyridine rings is 1. The Kier molecular flexibility index (Phi) is 9.57. The van der Waals surface area contributed by atoms with Gasteiger partial charge in [-0.3, -0.25) is 14.6 Å². The minimum absolute atomic E-state index is 0.155. The predicted octanol–water partition coefficient (Wildman–Crippen LogP) is 3.94. The zero-order chi connectivity index (χ0) is 23.6. The molecular weight excluding hydrogens is 440 g/mol. The number of aromatic nitrogens is 1. The van der Waals surface area contributed by atoms with Gasteiger partial charge in [0.15, 0.2) is 11.7 Å². The number of hydrogen-bond acceptors (Lipinski definition) is 7. The van der Waals surface area contributed by atoms with E-state index in [1.165, 1.54) is 11.8 Å². The highest BCUT2D eigenvalue weighted by molar-refractivity contribution is 8.01. The van der Waals surface area contributed by atoms with E-state index in [2.05, 4.69) is 24.1 Å². The van der Waals surface area contributed by atoms with Crippen LogP contribution >= 0.6 is 11.8 Å². The Morgan fingerprint density at radius 3 is 2.52 bits per heavy atom. The normalized spacial score (nSPS) is 18.6. The van der Waals surface area contributed by atoms with Crippen molar-refractivity contribution in [2.45, 2.75) is 69.3 Å². The van der Waals surface area contributed by atoms with Crippen LogP contribution in [-0.2, 0) is 27.2 Å². The molecule has 8 heteroatoms. The molecule has 1 aliphatic rings. The molecule has 33 heavy (non-hydrogen) atoms. The van der Waals surface area contributed by atoms with E-state index < -0.39 is 11.7 Å². The number of amides is 1. The highest BCUT2D eigenvalue weighted by Crippen LogP contribution is 2.26. The number of unbranched alkanes of at least 4 members (excludes halogenated alkanes) is 2. The molecule has 1 saturated heterocycles. The van der Waals surface area contributed by atoms with Crippen molar-refractivity contribution in [1.29, 1.82) is 0 Å². The Morgan fingerprint density at radius 2 is 1.91 bits per heavy atom. The van der Waals surface area contributed by atoms with E-state index in [4.69, 9.17) is 9.47 Å². The third-order valence-electron chi connectivity index (χ3n) is 5.44. The summed E-state index contributed by atoms with van der Waals surface area (Å²) in [5, 5.41) is 11.7. The lowest BCUT2D eigenvalue weighted by molar-refractivity contribution is -0.151. The second-order valence-electron chi connectivity index (χ2n) is 8.03. The third kappa shape index (κ3) is 7.75. The van der Waals surface area contributed by atoms with E-state index in [9.17, 15) is 14.7 Å². The minimum Gasteiger partial charge on any atom is -0.489 e. The molecule has 0 radical (unpaired) electrons. The van der Waals surface area contributed by atoms with Crippen molar-refractivity contribution in [3.05, 3.63) is 59.4 Å². The molecule has 1 aromatic carbocycles. The van der Waals surface area contributed by atoms with Gasteiger partial charge in [-0.2, -0.15) is 0 Å². The van der Waals surface area contributed by atoms with E-state index in [1.54, 1.807) is 6.20 Å². The molecule has 2 heterocycles. The Labute approximate surface area is 199 Å². The first-order chi connectivity index (χ1) is 16.0. The van der Waals surface area contributed by atoms with Crippen molar-refractivity contribution < 1.29 is 24.2 Å². The minimum atomic E-state index is -0.841. The number of aryl methyl sites for hydroxylation is 1. The van der Waals surface area contributed by atoms with Crippen molar-refractivity contribution in [2.24, 2.45) is 0 Å². The van der Waals surface area contributed by atoms with Crippen LogP contribution in [0.15, 0.2) is 42.6 Å². The van der Waals surface area contributed by atoms with Gasteiger partial charge in [0.1, 0.15) is 12.4 Å². The van der Waals surface area contributed by atoms with Gasteiger partial charge < -0.3 is 19.9 Å². The van der Waals surface area contributed by atoms with Crippen LogP contribution in [-0.4, -0.2) is 39.4 Å². The number of nitrogens with one attached hydrogen (secondary N) is 1. The highest BCUT2D eigenvalue weighted by atomic mass is 32.2. The van der Waals surface area contributed by atoms with Gasteiger partial charge in [-0.05, 0) is 48.6 Å². The molecule has 2 unspecified atom stereocenters. The second-order valence-corrected chi connectivity index (χ2v) is 9.31. The molecule has 3 rings (SSSR count). The molecule has 0 spiro atoms. The molecule has 0 aliphatic carbocycles. The standard InChI is InChI=1S/C25H32N2O5S/c1-3-5-6-7-23(28)32-21(20-13-10-17(4-2)15-26-20)16-31-19-11-8-18(9-12-19)14-22-24(29)27-25(30)33-22/h8-13,15,21-22,25,30H,3-7,14,16H2,1-2H3,(H,27,29)/t21-,22?,25?/m0/s1. The number of carbonyl (C=O) groups is 2. The van der Waals surface area contributed by atoms with Crippen LogP contribution in [0.2, 0.25) is 0 Å². The lowest BCUT2D eigenvalue weighted by Crippen LogP contribution is -2.27. The molecule has 3 atom stereocenters. The van der Waals surface area contributed by atoms with E-state index in [-0.39, 0.29) is 23.7 Å². The summed E-state index contributed by atoms with van der Waals surface area (Å²) in [6.45, 7) is 4.32. The van der Waals surface area contributed by atoms with Crippen molar-refractivity contribution in [3.8, 4) is 5.75 Å². The molecule has 1 amide bonds. The summed E-state index contributed by atoms with van der Waals surface area (Å²) in [5.74, 6) is 0.237. The lowest BCUT2D eigenvalue weighted by atomic mass is 10.1. The van der Waals surface area contributed by atoms with Crippen molar-refractivity contribution in [2.75, 3.05) is 6.61 Å². The summed E-state index contributed by atoms with van der Waals surface area (Å²) in [7, 11) is 0. The average molecular weight is 473 g/mol. The summed E-state index contributed by atoms with van der Waals surface area (Å²) in [6.07, 6.45) is 5.85. The molecular formula is C25H32N2O5S. The number of benzene rings is 1. The smallest absolute Gasteiger partial charge is 0.306 e. The Bertz CT molecular complexity index is 904. The number of aliphatic hydroxyl groups is 1. The topological polar surface area (TPSA) is 97.8 Å². The number of nitrogens with zero attached hydrogens (tertiary/aromatic N) is 1. The zero-order valence-corrected chi connectivity index (χ0v) is 20.0. The van der Waals surface area contributed by atoms with Crippen LogP contribution in [0, 0.1) is 0 Å². The Hall–Kier alpha value is -2.58. The number of thioether (sulfide) groups is 1. The molecule has 1 fully saturated rings. The zero-order valence-electron chi connectivity index (χ0n) is 19.2. The molecule has 1 aromatic heterocycles. The molecule has 0 bridgehead atoms. The monoisotopic (exact) mass is 472 g/mol. The predicted molar refractivity (Wildman–Crippen MR) is 128 cm³/mol. The Balaban J connectivity index is 1.60. The van der Waals surface area contributed by atoms with Gasteiger partial charge in [-0.25, -0.2) is 0 Å². The van der Waals surface area contributed by atoms with Gasteiger partial charge in [-0.1, -0.05) is 56.7 Å². The molecule has 2 aromatic rings. The largest absolute Gasteiger partial charge is 0.489 e. The second kappa shape index (κ2) is 12.6. The first-order valence-electron chi connectivity index (χ1n) is 11.5. The maximum absolute atomic E-state index is 12.3. The summed E-state index contributed by atoms with van der Waals surface area (Å²) in [5.41, 5.74) is 1.91. The van der Waals surface area contributed by atoms with E-state index in [0.29, 0.717) is 24.3 Å². The molecule has 1 aliphatic heterocycles. The van der Waals surface area contributed by atoms with Crippen LogP contribution in [0.1, 0.15) is 62.5 Å². The van der Waals surface area contributed by atoms with Crippen LogP contribution in [0.25, 0.3) is 0 Å². The van der Waals surface area contributed by atoms with E-state index in [1.807, 2.05) is 36.4 Å². The lowest BCUT2D eigenvalue weighted by Gasteiger charge is -2.19. The van der Waals surface area contributed by atoms with Crippen LogP contribution in [0.3, 0.4) is 0 Å². The summed E-state index contributed by atoms with van der Waals surface area (Å²) < 4.78 is 11.6. The fourth-order valence-electron chi connectivity index (χ4n) is 3.47. The summed E-state index contributed by atoms with van der Waals surface area (Å²) in [4.78, 5) is 28.6. The fourth-order valence-corrected chi connectivity index (χ4v) is 4.44. The third-order valence-corrected chi connectivity index (χ3v) is 6.53. The van der Waals surface area contributed by atoms with Gasteiger partial charge >= 0.3 is 5.97 Å². The van der Waals surface area contributed by atoms with Crippen molar-refractivity contribution in [3.63, 3.8) is 0 Å². The number of rotatable bonds is 12. The average Bonchev–Trinajstić information content (AvgIpc) is 3.14. The van der Waals surface area contributed by atoms with Gasteiger partial charge in [0.05, 0.1) is 10.9 Å². The van der Waals surface area contributed by atoms with E-state index >= 15 is 0 Å². The van der Waals surface area contributed by atoms with Crippen molar-refractivity contribution in [1.82, 2.24) is 10.3 Å². The fraction of sp³-hybridized carbons (Fsp3) is 0.480. The quantitative estimate of drug-likeness (QED) is 0.357. The Morgan fingerprint density at radius 1 is 1.15 bits per heavy atom. The number of hydrogen-bond donors (Lipinski definition) is 2. The van der Waals surface area contributed by atoms with Gasteiger partial charge in [0.2, 0.25) is 5.91 Å². The van der Waals surface area contributed by atoms with E-state index in [0.717, 1.165) is 36.8 Å². The first kappa shape index (κ1) is 25.1. The number of esters is 1. The van der Waals surface area contributed by atoms with Crippen LogP contribution in [0.4, 0.5) is 0 Å². The number of aliphatic hydroxyl groups excluding tert-OH is 1. The SMILES string of the molecule is CCCCCC(=O)O[C@@H](COc1ccc(CC2SC(O)NC2=O)cc1)c1ccc(CC)cn1. The molecule has 2 N–H and O–H groups in total. The first-order valence-corrected chi connectivity index (χ1v) is 12.4. The van der Waals surface area contributed by atoms with Crippen LogP contribution in [0.5, 0.6) is 5.75 Å². The van der Waals surface area contributed by atoms with Crippen molar-refractivity contribution >= 4 is 23.6 Å².